The molecule has 7 nitrogen and oxygen atoms in total. The van der Waals surface area contributed by atoms with Crippen molar-refractivity contribution in [2.75, 3.05) is 12.2 Å². The van der Waals surface area contributed by atoms with Crippen molar-refractivity contribution in [1.82, 2.24) is 9.97 Å². The quantitative estimate of drug-likeness (QED) is 0.652. The Morgan fingerprint density at radius 2 is 2.29 bits per heavy atom. The maximum atomic E-state index is 11.3. The smallest absolute Gasteiger partial charge is 0.252 e. The van der Waals surface area contributed by atoms with Gasteiger partial charge < -0.3 is 9.47 Å². The van der Waals surface area contributed by atoms with Gasteiger partial charge in [-0.05, 0) is 40.5 Å². The van der Waals surface area contributed by atoms with Crippen molar-refractivity contribution in [2.45, 2.75) is 6.92 Å². The second-order valence-corrected chi connectivity index (χ2v) is 5.20. The number of hydrogen-bond acceptors (Lipinski definition) is 6. The molecule has 1 aromatic carbocycles. The van der Waals surface area contributed by atoms with E-state index < -0.39 is 0 Å². The van der Waals surface area contributed by atoms with Crippen LogP contribution in [0.4, 0.5) is 5.95 Å². The predicted molar refractivity (Wildman–Crippen MR) is 81.1 cm³/mol. The van der Waals surface area contributed by atoms with Gasteiger partial charge in [-0.3, -0.25) is 9.78 Å². The molecule has 0 unspecified atom stereocenters. The molecular formula is C13H11BrN4O3. The lowest BCUT2D eigenvalue weighted by atomic mass is 10.2. The number of fused-ring (bicyclic) bond motifs is 1. The third-order valence-corrected chi connectivity index (χ3v) is 3.29. The lowest BCUT2D eigenvalue weighted by molar-refractivity contribution is 0.173. The van der Waals surface area contributed by atoms with Gasteiger partial charge in [-0.2, -0.15) is 5.10 Å². The van der Waals surface area contributed by atoms with Crippen LogP contribution in [0.15, 0.2) is 32.6 Å². The molecule has 1 aliphatic heterocycles. The molecule has 3 rings (SSSR count). The molecule has 0 aliphatic carbocycles. The Morgan fingerprint density at radius 3 is 3.10 bits per heavy atom. The highest BCUT2D eigenvalue weighted by Crippen LogP contribution is 2.39. The number of nitrogens with one attached hydrogen (secondary N) is 2. The largest absolute Gasteiger partial charge is 0.454 e. The van der Waals surface area contributed by atoms with Crippen molar-refractivity contribution < 1.29 is 9.47 Å². The van der Waals surface area contributed by atoms with Gasteiger partial charge in [0.05, 0.1) is 10.7 Å². The standard InChI is InChI=1S/C13H11BrN4O3/c1-7-2-11(19)17-13(16-7)18-15-5-8-3-9(14)12-10(4-8)20-6-21-12/h2-5H,6H2,1H3,(H2,16,17,18,19)/b15-5-. The van der Waals surface area contributed by atoms with E-state index in [1.807, 2.05) is 12.1 Å². The van der Waals surface area contributed by atoms with Crippen LogP contribution in [0.3, 0.4) is 0 Å². The normalized spacial score (nSPS) is 12.9. The Hall–Kier alpha value is -2.35. The summed E-state index contributed by atoms with van der Waals surface area (Å²) >= 11 is 3.41. The first-order valence-electron chi connectivity index (χ1n) is 6.08. The Labute approximate surface area is 128 Å². The van der Waals surface area contributed by atoms with Crippen molar-refractivity contribution in [3.05, 3.63) is 44.3 Å². The topological polar surface area (TPSA) is 88.6 Å². The SMILES string of the molecule is Cc1cc(=O)[nH]c(N/N=C\c2cc(Br)c3c(c2)OCO3)n1. The van der Waals surface area contributed by atoms with Crippen LogP contribution in [0, 0.1) is 6.92 Å². The van der Waals surface area contributed by atoms with Gasteiger partial charge in [0.1, 0.15) is 0 Å². The second-order valence-electron chi connectivity index (χ2n) is 4.34. The highest BCUT2D eigenvalue weighted by atomic mass is 79.9. The van der Waals surface area contributed by atoms with Crippen LogP contribution >= 0.6 is 15.9 Å². The molecule has 0 saturated heterocycles. The van der Waals surface area contributed by atoms with Crippen molar-refractivity contribution in [1.29, 1.82) is 0 Å². The van der Waals surface area contributed by atoms with Crippen LogP contribution in [-0.4, -0.2) is 23.0 Å². The van der Waals surface area contributed by atoms with Crippen LogP contribution in [0.25, 0.3) is 0 Å². The van der Waals surface area contributed by atoms with Crippen molar-refractivity contribution >= 4 is 28.1 Å². The summed E-state index contributed by atoms with van der Waals surface area (Å²) in [7, 11) is 0. The molecule has 0 atom stereocenters. The number of ether oxygens (including phenoxy) is 2. The van der Waals surface area contributed by atoms with Crippen LogP contribution in [0.5, 0.6) is 11.5 Å². The van der Waals surface area contributed by atoms with Gasteiger partial charge in [0.15, 0.2) is 11.5 Å². The predicted octanol–water partition coefficient (Wildman–Crippen LogP) is 2.02. The van der Waals surface area contributed by atoms with Gasteiger partial charge in [0.25, 0.3) is 5.56 Å². The van der Waals surface area contributed by atoms with E-state index in [1.54, 1.807) is 13.1 Å². The van der Waals surface area contributed by atoms with E-state index >= 15 is 0 Å². The van der Waals surface area contributed by atoms with Crippen LogP contribution in [0.2, 0.25) is 0 Å². The molecule has 0 saturated carbocycles. The highest BCUT2D eigenvalue weighted by Gasteiger charge is 2.17. The molecule has 0 spiro atoms. The van der Waals surface area contributed by atoms with E-state index in [4.69, 9.17) is 9.47 Å². The third kappa shape index (κ3) is 3.05. The zero-order chi connectivity index (χ0) is 14.8. The van der Waals surface area contributed by atoms with Crippen LogP contribution in [0.1, 0.15) is 11.3 Å². The Morgan fingerprint density at radius 1 is 1.43 bits per heavy atom. The fraction of sp³-hybridized carbons (Fsp3) is 0.154. The Bertz CT molecular complexity index is 772. The second kappa shape index (κ2) is 5.57. The number of hydrazone groups is 1. The van der Waals surface area contributed by atoms with Crippen LogP contribution < -0.4 is 20.5 Å². The number of halogens is 1. The van der Waals surface area contributed by atoms with Gasteiger partial charge in [0.2, 0.25) is 12.7 Å². The summed E-state index contributed by atoms with van der Waals surface area (Å²) in [6.07, 6.45) is 1.59. The number of hydrogen-bond donors (Lipinski definition) is 2. The fourth-order valence-corrected chi connectivity index (χ4v) is 2.44. The van der Waals surface area contributed by atoms with E-state index in [-0.39, 0.29) is 18.3 Å². The van der Waals surface area contributed by atoms with Gasteiger partial charge in [-0.1, -0.05) is 0 Å². The average Bonchev–Trinajstić information content (AvgIpc) is 2.86. The van der Waals surface area contributed by atoms with Crippen molar-refractivity contribution in [3.63, 3.8) is 0 Å². The molecule has 21 heavy (non-hydrogen) atoms. The number of H-pyrrole nitrogens is 1. The molecule has 108 valence electrons. The minimum absolute atomic E-state index is 0.210. The molecule has 8 heteroatoms. The zero-order valence-corrected chi connectivity index (χ0v) is 12.6. The summed E-state index contributed by atoms with van der Waals surface area (Å²) in [5.41, 5.74) is 3.87. The molecular weight excluding hydrogens is 340 g/mol. The summed E-state index contributed by atoms with van der Waals surface area (Å²) in [5.74, 6) is 1.63. The first-order chi connectivity index (χ1) is 10.1. The van der Waals surface area contributed by atoms with E-state index in [0.717, 1.165) is 10.0 Å². The van der Waals surface area contributed by atoms with Gasteiger partial charge in [-0.25, -0.2) is 10.4 Å². The maximum absolute atomic E-state index is 11.3. The van der Waals surface area contributed by atoms with E-state index in [2.05, 4.69) is 36.4 Å². The molecule has 2 N–H and O–H groups in total. The number of benzene rings is 1. The lowest BCUT2D eigenvalue weighted by Crippen LogP contribution is -2.10. The molecule has 2 aromatic rings. The van der Waals surface area contributed by atoms with E-state index in [9.17, 15) is 4.79 Å². The van der Waals surface area contributed by atoms with E-state index in [1.165, 1.54) is 6.07 Å². The van der Waals surface area contributed by atoms with Crippen molar-refractivity contribution in [3.8, 4) is 11.5 Å². The Balaban J connectivity index is 1.77. The van der Waals surface area contributed by atoms with E-state index in [0.29, 0.717) is 17.2 Å². The molecule has 1 aromatic heterocycles. The lowest BCUT2D eigenvalue weighted by Gasteiger charge is -2.02. The van der Waals surface area contributed by atoms with Crippen molar-refractivity contribution in [2.24, 2.45) is 5.10 Å². The molecule has 0 bridgehead atoms. The first-order valence-corrected chi connectivity index (χ1v) is 6.87. The summed E-state index contributed by atoms with van der Waals surface area (Å²) in [5, 5.41) is 4.04. The number of nitrogens with zero attached hydrogens (tertiary/aromatic N) is 2. The van der Waals surface area contributed by atoms with Gasteiger partial charge >= 0.3 is 0 Å². The number of rotatable bonds is 3. The fourth-order valence-electron chi connectivity index (χ4n) is 1.86. The molecule has 2 heterocycles. The minimum Gasteiger partial charge on any atom is -0.454 e. The summed E-state index contributed by atoms with van der Waals surface area (Å²) in [6, 6.07) is 5.07. The summed E-state index contributed by atoms with van der Waals surface area (Å²) in [6.45, 7) is 1.94. The Kier molecular flexibility index (Phi) is 3.61. The van der Waals surface area contributed by atoms with Gasteiger partial charge in [0, 0.05) is 11.8 Å². The minimum atomic E-state index is -0.231. The summed E-state index contributed by atoms with van der Waals surface area (Å²) < 4.78 is 11.4. The average molecular weight is 351 g/mol. The monoisotopic (exact) mass is 350 g/mol. The number of aromatic amines is 1. The maximum Gasteiger partial charge on any atom is 0.252 e. The highest BCUT2D eigenvalue weighted by molar-refractivity contribution is 9.10. The molecule has 1 aliphatic rings. The van der Waals surface area contributed by atoms with Gasteiger partial charge in [-0.15, -0.1) is 0 Å². The molecule has 0 radical (unpaired) electrons. The zero-order valence-electron chi connectivity index (χ0n) is 11.0. The molecule has 0 fully saturated rings. The number of anilines is 1. The molecule has 0 amide bonds. The van der Waals surface area contributed by atoms with Crippen LogP contribution in [-0.2, 0) is 0 Å². The first kappa shape index (κ1) is 13.6. The number of aryl methyl sites for hydroxylation is 1. The third-order valence-electron chi connectivity index (χ3n) is 2.70. The number of aromatic nitrogens is 2. The summed E-state index contributed by atoms with van der Waals surface area (Å²) in [4.78, 5) is 17.9.